The minimum absolute atomic E-state index is 0. The number of benzene rings is 1. The molecule has 1 amide bonds. The van der Waals surface area contributed by atoms with Crippen LogP contribution >= 0.6 is 12.4 Å². The third-order valence-corrected chi connectivity index (χ3v) is 2.80. The number of ether oxygens (including phenoxy) is 2. The molecular formula is C15H25ClN2O3. The number of halogens is 1. The molecule has 0 aromatic heterocycles. The van der Waals surface area contributed by atoms with Crippen molar-refractivity contribution in [1.29, 1.82) is 0 Å². The molecule has 3 N–H and O–H groups in total. The number of amides is 1. The van der Waals surface area contributed by atoms with Crippen LogP contribution in [0, 0.1) is 0 Å². The molecule has 0 aliphatic carbocycles. The van der Waals surface area contributed by atoms with Gasteiger partial charge in [0.15, 0.2) is 0 Å². The van der Waals surface area contributed by atoms with Crippen LogP contribution in [0.5, 0.6) is 11.5 Å². The molecule has 0 aliphatic rings. The van der Waals surface area contributed by atoms with E-state index >= 15 is 0 Å². The van der Waals surface area contributed by atoms with Gasteiger partial charge in [0.1, 0.15) is 11.5 Å². The highest BCUT2D eigenvalue weighted by atomic mass is 35.5. The van der Waals surface area contributed by atoms with Gasteiger partial charge < -0.3 is 20.5 Å². The second kappa shape index (κ2) is 11.2. The average molecular weight is 317 g/mol. The third kappa shape index (κ3) is 9.15. The van der Waals surface area contributed by atoms with E-state index in [0.717, 1.165) is 17.9 Å². The molecule has 1 atom stereocenters. The van der Waals surface area contributed by atoms with Gasteiger partial charge in [-0.15, -0.1) is 12.4 Å². The van der Waals surface area contributed by atoms with E-state index in [0.29, 0.717) is 26.0 Å². The highest BCUT2D eigenvalue weighted by Gasteiger charge is 2.02. The predicted octanol–water partition coefficient (Wildman–Crippen LogP) is 2.13. The van der Waals surface area contributed by atoms with Gasteiger partial charge in [-0.1, -0.05) is 0 Å². The predicted molar refractivity (Wildman–Crippen MR) is 86.2 cm³/mol. The zero-order chi connectivity index (χ0) is 14.8. The SMILES string of the molecule is COc1ccc(OCCCNC(=O)CCC(C)N)cc1.Cl. The smallest absolute Gasteiger partial charge is 0.220 e. The summed E-state index contributed by atoms with van der Waals surface area (Å²) in [5, 5.41) is 2.85. The van der Waals surface area contributed by atoms with Crippen LogP contribution in [0.4, 0.5) is 0 Å². The molecule has 0 aliphatic heterocycles. The lowest BCUT2D eigenvalue weighted by Gasteiger charge is -2.08. The first kappa shape index (κ1) is 19.5. The first-order valence-electron chi connectivity index (χ1n) is 6.91. The highest BCUT2D eigenvalue weighted by Crippen LogP contribution is 2.16. The summed E-state index contributed by atoms with van der Waals surface area (Å²) in [5.74, 6) is 1.65. The van der Waals surface area contributed by atoms with Crippen molar-refractivity contribution in [2.24, 2.45) is 5.73 Å². The molecular weight excluding hydrogens is 292 g/mol. The standard InChI is InChI=1S/C15H24N2O3.ClH/c1-12(16)4-9-15(18)17-10-3-11-20-14-7-5-13(19-2)6-8-14;/h5-8,12H,3-4,9-11,16H2,1-2H3,(H,17,18);1H. The number of nitrogens with one attached hydrogen (secondary N) is 1. The Kier molecular flexibility index (Phi) is 10.4. The fraction of sp³-hybridized carbons (Fsp3) is 0.533. The summed E-state index contributed by atoms with van der Waals surface area (Å²) in [6, 6.07) is 7.50. The van der Waals surface area contributed by atoms with Gasteiger partial charge in [0.25, 0.3) is 0 Å². The van der Waals surface area contributed by atoms with E-state index in [4.69, 9.17) is 15.2 Å². The second-order valence-electron chi connectivity index (χ2n) is 4.74. The molecule has 1 aromatic rings. The molecule has 0 heterocycles. The Balaban J connectivity index is 0.00000400. The average Bonchev–Trinajstić information content (AvgIpc) is 2.45. The third-order valence-electron chi connectivity index (χ3n) is 2.80. The molecule has 0 saturated heterocycles. The van der Waals surface area contributed by atoms with E-state index in [9.17, 15) is 4.79 Å². The van der Waals surface area contributed by atoms with Crippen molar-refractivity contribution in [2.75, 3.05) is 20.3 Å². The van der Waals surface area contributed by atoms with Gasteiger partial charge in [0.05, 0.1) is 13.7 Å². The molecule has 0 fully saturated rings. The molecule has 21 heavy (non-hydrogen) atoms. The lowest BCUT2D eigenvalue weighted by Crippen LogP contribution is -2.27. The Morgan fingerprint density at radius 2 is 1.90 bits per heavy atom. The fourth-order valence-corrected chi connectivity index (χ4v) is 1.61. The Bertz CT molecular complexity index is 396. The van der Waals surface area contributed by atoms with Gasteiger partial charge in [-0.2, -0.15) is 0 Å². The molecule has 0 saturated carbocycles. The van der Waals surface area contributed by atoms with Crippen molar-refractivity contribution in [3.8, 4) is 11.5 Å². The van der Waals surface area contributed by atoms with Crippen molar-refractivity contribution in [1.82, 2.24) is 5.32 Å². The fourth-order valence-electron chi connectivity index (χ4n) is 1.61. The maximum atomic E-state index is 11.4. The maximum Gasteiger partial charge on any atom is 0.220 e. The molecule has 0 bridgehead atoms. The van der Waals surface area contributed by atoms with Crippen molar-refractivity contribution >= 4 is 18.3 Å². The van der Waals surface area contributed by atoms with Crippen molar-refractivity contribution in [3.63, 3.8) is 0 Å². The van der Waals surface area contributed by atoms with Crippen LogP contribution in [0.3, 0.4) is 0 Å². The number of methoxy groups -OCH3 is 1. The summed E-state index contributed by atoms with van der Waals surface area (Å²) in [6.45, 7) is 3.09. The van der Waals surface area contributed by atoms with Crippen molar-refractivity contribution < 1.29 is 14.3 Å². The monoisotopic (exact) mass is 316 g/mol. The Morgan fingerprint density at radius 3 is 2.48 bits per heavy atom. The topological polar surface area (TPSA) is 73.6 Å². The van der Waals surface area contributed by atoms with Crippen LogP contribution in [0.2, 0.25) is 0 Å². The quantitative estimate of drug-likeness (QED) is 0.684. The van der Waals surface area contributed by atoms with Crippen LogP contribution < -0.4 is 20.5 Å². The van der Waals surface area contributed by atoms with Crippen LogP contribution in [-0.4, -0.2) is 32.2 Å². The van der Waals surface area contributed by atoms with Crippen LogP contribution in [0.15, 0.2) is 24.3 Å². The number of hydrogen-bond donors (Lipinski definition) is 2. The second-order valence-corrected chi connectivity index (χ2v) is 4.74. The number of carbonyl (C=O) groups excluding carboxylic acids is 1. The number of hydrogen-bond acceptors (Lipinski definition) is 4. The van der Waals surface area contributed by atoms with E-state index in [1.807, 2.05) is 31.2 Å². The summed E-state index contributed by atoms with van der Waals surface area (Å²) in [7, 11) is 1.63. The Hall–Kier alpha value is -1.46. The first-order chi connectivity index (χ1) is 9.61. The van der Waals surface area contributed by atoms with Gasteiger partial charge in [0, 0.05) is 19.0 Å². The molecule has 1 rings (SSSR count). The largest absolute Gasteiger partial charge is 0.497 e. The van der Waals surface area contributed by atoms with Gasteiger partial charge in [-0.05, 0) is 44.0 Å². The van der Waals surface area contributed by atoms with Crippen LogP contribution in [-0.2, 0) is 4.79 Å². The molecule has 5 nitrogen and oxygen atoms in total. The molecule has 120 valence electrons. The minimum Gasteiger partial charge on any atom is -0.497 e. The molecule has 0 spiro atoms. The van der Waals surface area contributed by atoms with Crippen molar-refractivity contribution in [2.45, 2.75) is 32.2 Å². The van der Waals surface area contributed by atoms with E-state index in [1.165, 1.54) is 0 Å². The number of nitrogens with two attached hydrogens (primary N) is 1. The van der Waals surface area contributed by atoms with Crippen LogP contribution in [0.1, 0.15) is 26.2 Å². The molecule has 1 unspecified atom stereocenters. The molecule has 6 heteroatoms. The van der Waals surface area contributed by atoms with Gasteiger partial charge >= 0.3 is 0 Å². The number of carbonyl (C=O) groups is 1. The summed E-state index contributed by atoms with van der Waals surface area (Å²) >= 11 is 0. The lowest BCUT2D eigenvalue weighted by atomic mass is 10.2. The lowest BCUT2D eigenvalue weighted by molar-refractivity contribution is -0.121. The van der Waals surface area contributed by atoms with Gasteiger partial charge in [-0.25, -0.2) is 0 Å². The first-order valence-corrected chi connectivity index (χ1v) is 6.91. The van der Waals surface area contributed by atoms with E-state index < -0.39 is 0 Å². The summed E-state index contributed by atoms with van der Waals surface area (Å²) in [5.41, 5.74) is 5.59. The normalized spacial score (nSPS) is 11.2. The molecule has 1 aromatic carbocycles. The maximum absolute atomic E-state index is 11.4. The Labute approximate surface area is 132 Å². The van der Waals surface area contributed by atoms with E-state index in [-0.39, 0.29) is 24.4 Å². The van der Waals surface area contributed by atoms with Crippen LogP contribution in [0.25, 0.3) is 0 Å². The summed E-state index contributed by atoms with van der Waals surface area (Å²) < 4.78 is 10.6. The molecule has 0 radical (unpaired) electrons. The minimum atomic E-state index is 0. The summed E-state index contributed by atoms with van der Waals surface area (Å²) in [6.07, 6.45) is 1.97. The van der Waals surface area contributed by atoms with E-state index in [2.05, 4.69) is 5.32 Å². The Morgan fingerprint density at radius 1 is 1.29 bits per heavy atom. The van der Waals surface area contributed by atoms with Gasteiger partial charge in [0.2, 0.25) is 5.91 Å². The van der Waals surface area contributed by atoms with E-state index in [1.54, 1.807) is 7.11 Å². The highest BCUT2D eigenvalue weighted by molar-refractivity contribution is 5.85. The number of rotatable bonds is 9. The van der Waals surface area contributed by atoms with Crippen molar-refractivity contribution in [3.05, 3.63) is 24.3 Å². The summed E-state index contributed by atoms with van der Waals surface area (Å²) in [4.78, 5) is 11.4. The zero-order valence-corrected chi connectivity index (χ0v) is 13.4. The zero-order valence-electron chi connectivity index (χ0n) is 12.6. The van der Waals surface area contributed by atoms with Gasteiger partial charge in [-0.3, -0.25) is 4.79 Å².